The van der Waals surface area contributed by atoms with Gasteiger partial charge in [-0.05, 0) is 0 Å². The van der Waals surface area contributed by atoms with E-state index < -0.39 is 16.0 Å². The fourth-order valence-electron chi connectivity index (χ4n) is 3.20. The number of piperidine rings is 1. The number of hydrogen-bond donors (Lipinski definition) is 0. The Balaban J connectivity index is 2.47. The van der Waals surface area contributed by atoms with Crippen molar-refractivity contribution in [2.45, 2.75) is 23.9 Å². The lowest BCUT2D eigenvalue weighted by molar-refractivity contribution is -0.620. The Labute approximate surface area is 124 Å². The van der Waals surface area contributed by atoms with Gasteiger partial charge in [0.15, 0.2) is 0 Å². The molecule has 0 aromatic rings. The fourth-order valence-corrected chi connectivity index (χ4v) is 3.70. The largest absolute Gasteiger partial charge is 0.501 e. The zero-order valence-corrected chi connectivity index (χ0v) is 12.7. The second-order valence-corrected chi connectivity index (χ2v) is 6.20. The van der Waals surface area contributed by atoms with Gasteiger partial charge in [-0.15, -0.1) is 0 Å². The smallest absolute Gasteiger partial charge is 0.263 e. The third-order valence-corrected chi connectivity index (χ3v) is 4.35. The second-order valence-electron chi connectivity index (χ2n) is 5.41. The lowest BCUT2D eigenvalue weighted by Crippen LogP contribution is -2.66. The summed E-state index contributed by atoms with van der Waals surface area (Å²) in [5, 5.41) is 23.7. The summed E-state index contributed by atoms with van der Waals surface area (Å²) in [4.78, 5) is 24.0. The Morgan fingerprint density at radius 3 is 2.60 bits per heavy atom. The molecule has 0 saturated carbocycles. The van der Waals surface area contributed by atoms with E-state index in [4.69, 9.17) is 4.74 Å². The number of ether oxygens (including phenoxy) is 1. The monoisotopic (exact) mass is 349 g/mol. The minimum Gasteiger partial charge on any atom is -0.501 e. The predicted octanol–water partition coefficient (Wildman–Crippen LogP) is 1.05. The highest BCUT2D eigenvalue weighted by molar-refractivity contribution is 9.09. The molecule has 0 radical (unpaired) electrons. The Morgan fingerprint density at radius 2 is 2.10 bits per heavy atom. The number of nitro groups is 2. The van der Waals surface area contributed by atoms with Gasteiger partial charge in [0.25, 0.3) is 5.54 Å². The number of rotatable bonds is 5. The third-order valence-electron chi connectivity index (χ3n) is 4.00. The Hall–Kier alpha value is -1.22. The maximum Gasteiger partial charge on any atom is 0.263 e. The molecule has 0 spiro atoms. The van der Waals surface area contributed by atoms with Gasteiger partial charge in [-0.1, -0.05) is 15.9 Å². The number of halogens is 1. The van der Waals surface area contributed by atoms with Gasteiger partial charge in [0.05, 0.1) is 33.0 Å². The van der Waals surface area contributed by atoms with Crippen molar-refractivity contribution in [3.05, 3.63) is 32.1 Å². The molecule has 2 bridgehead atoms. The van der Waals surface area contributed by atoms with Crippen LogP contribution in [-0.4, -0.2) is 57.9 Å². The molecule has 0 amide bonds. The first-order chi connectivity index (χ1) is 9.37. The Kier molecular flexibility index (Phi) is 4.01. The summed E-state index contributed by atoms with van der Waals surface area (Å²) in [6.45, 7) is 0.928. The SMILES string of the molecule is COC1=C[C@]2([N+](=O)[O-])CN(CCBr)C[C@@]([N+](=O)[O-])(C1)C2. The van der Waals surface area contributed by atoms with Gasteiger partial charge in [0, 0.05) is 27.8 Å². The molecule has 2 rings (SSSR count). The second kappa shape index (κ2) is 5.28. The minimum atomic E-state index is -1.43. The van der Waals surface area contributed by atoms with Gasteiger partial charge in [-0.25, -0.2) is 0 Å². The zero-order valence-electron chi connectivity index (χ0n) is 11.1. The van der Waals surface area contributed by atoms with Crippen LogP contribution in [0.25, 0.3) is 0 Å². The molecule has 1 saturated heterocycles. The van der Waals surface area contributed by atoms with Crippen molar-refractivity contribution in [2.75, 3.05) is 32.1 Å². The van der Waals surface area contributed by atoms with Crippen molar-refractivity contribution in [1.29, 1.82) is 0 Å². The summed E-state index contributed by atoms with van der Waals surface area (Å²) < 4.78 is 5.10. The van der Waals surface area contributed by atoms with E-state index in [1.54, 1.807) is 4.90 Å². The van der Waals surface area contributed by atoms with Gasteiger partial charge in [-0.3, -0.25) is 25.1 Å². The number of methoxy groups -OCH3 is 1. The topological polar surface area (TPSA) is 98.8 Å². The summed E-state index contributed by atoms with van der Waals surface area (Å²) in [6.07, 6.45) is 1.48. The van der Waals surface area contributed by atoms with E-state index >= 15 is 0 Å². The highest BCUT2D eigenvalue weighted by atomic mass is 79.9. The van der Waals surface area contributed by atoms with Crippen molar-refractivity contribution >= 4 is 15.9 Å². The maximum atomic E-state index is 11.5. The average Bonchev–Trinajstić information content (AvgIpc) is 2.37. The minimum absolute atomic E-state index is 0.0777. The first kappa shape index (κ1) is 15.2. The number of fused-ring (bicyclic) bond motifs is 2. The predicted molar refractivity (Wildman–Crippen MR) is 74.0 cm³/mol. The van der Waals surface area contributed by atoms with E-state index in [1.807, 2.05) is 0 Å². The van der Waals surface area contributed by atoms with Crippen LogP contribution in [0.2, 0.25) is 0 Å². The van der Waals surface area contributed by atoms with Crippen molar-refractivity contribution in [3.8, 4) is 0 Å². The summed E-state index contributed by atoms with van der Waals surface area (Å²) >= 11 is 3.28. The van der Waals surface area contributed by atoms with Gasteiger partial charge < -0.3 is 4.74 Å². The Morgan fingerprint density at radius 1 is 1.40 bits per heavy atom. The van der Waals surface area contributed by atoms with Crippen LogP contribution in [0.3, 0.4) is 0 Å². The molecule has 1 fully saturated rings. The van der Waals surface area contributed by atoms with Crippen LogP contribution in [0.5, 0.6) is 0 Å². The first-order valence-corrected chi connectivity index (χ1v) is 7.33. The molecule has 1 heterocycles. The van der Waals surface area contributed by atoms with Gasteiger partial charge in [0.2, 0.25) is 5.54 Å². The van der Waals surface area contributed by atoms with E-state index in [2.05, 4.69) is 15.9 Å². The fraction of sp³-hybridized carbons (Fsp3) is 0.818. The van der Waals surface area contributed by atoms with Crippen LogP contribution >= 0.6 is 15.9 Å². The molecule has 2 aliphatic rings. The lowest BCUT2D eigenvalue weighted by Gasteiger charge is -2.44. The number of nitrogens with zero attached hydrogens (tertiary/aromatic N) is 3. The number of alkyl halides is 1. The van der Waals surface area contributed by atoms with Gasteiger partial charge >= 0.3 is 0 Å². The molecule has 0 aromatic carbocycles. The van der Waals surface area contributed by atoms with Crippen LogP contribution in [0.4, 0.5) is 0 Å². The quantitative estimate of drug-likeness (QED) is 0.418. The van der Waals surface area contributed by atoms with Gasteiger partial charge in [0.1, 0.15) is 5.76 Å². The summed E-state index contributed by atoms with van der Waals surface area (Å²) in [6, 6.07) is 0. The summed E-state index contributed by atoms with van der Waals surface area (Å²) in [7, 11) is 1.39. The van der Waals surface area contributed by atoms with E-state index in [0.717, 1.165) is 0 Å². The average molecular weight is 350 g/mol. The molecule has 1 aliphatic carbocycles. The highest BCUT2D eigenvalue weighted by Gasteiger charge is 2.64. The molecular formula is C11H16BrN3O5. The zero-order chi connectivity index (χ0) is 15.0. The highest BCUT2D eigenvalue weighted by Crippen LogP contribution is 2.43. The molecule has 1 aliphatic heterocycles. The van der Waals surface area contributed by atoms with E-state index in [0.29, 0.717) is 17.6 Å². The van der Waals surface area contributed by atoms with Crippen LogP contribution in [-0.2, 0) is 4.74 Å². The molecule has 0 unspecified atom stereocenters. The van der Waals surface area contributed by atoms with Crippen molar-refractivity contribution in [2.24, 2.45) is 0 Å². The van der Waals surface area contributed by atoms with Crippen LogP contribution in [0.15, 0.2) is 11.8 Å². The standard InChI is InChI=1S/C11H16BrN3O5/c1-20-9-4-10(14(16)17)6-11(5-9,15(18)19)8-13(7-10)3-2-12/h4H,2-3,5-8H2,1H3/t10-,11-/m1/s1. The molecule has 9 heteroatoms. The van der Waals surface area contributed by atoms with E-state index in [9.17, 15) is 20.2 Å². The molecule has 0 N–H and O–H groups in total. The Bertz CT molecular complexity index is 471. The number of hydrogen-bond acceptors (Lipinski definition) is 6. The number of likely N-dealkylation sites (tertiary alicyclic amines) is 1. The maximum absolute atomic E-state index is 11.5. The summed E-state index contributed by atoms with van der Waals surface area (Å²) in [5.41, 5.74) is -2.77. The van der Waals surface area contributed by atoms with Gasteiger partial charge in [-0.2, -0.15) is 0 Å². The van der Waals surface area contributed by atoms with E-state index in [1.165, 1.54) is 13.2 Å². The van der Waals surface area contributed by atoms with Crippen LogP contribution < -0.4 is 0 Å². The molecule has 2 atom stereocenters. The molecule has 0 aromatic heterocycles. The molecule has 112 valence electrons. The molecule has 8 nitrogen and oxygen atoms in total. The normalized spacial score (nSPS) is 33.4. The third kappa shape index (κ3) is 2.39. The van der Waals surface area contributed by atoms with Crippen molar-refractivity contribution < 1.29 is 14.6 Å². The van der Waals surface area contributed by atoms with Crippen LogP contribution in [0.1, 0.15) is 12.8 Å². The van der Waals surface area contributed by atoms with Crippen molar-refractivity contribution in [3.63, 3.8) is 0 Å². The lowest BCUT2D eigenvalue weighted by atomic mass is 9.71. The van der Waals surface area contributed by atoms with Crippen molar-refractivity contribution in [1.82, 2.24) is 4.90 Å². The first-order valence-electron chi connectivity index (χ1n) is 6.20. The summed E-state index contributed by atoms with van der Waals surface area (Å²) in [5.74, 6) is 0.336. The van der Waals surface area contributed by atoms with E-state index in [-0.39, 0.29) is 30.9 Å². The van der Waals surface area contributed by atoms with Crippen LogP contribution in [0, 0.1) is 20.2 Å². The molecule has 20 heavy (non-hydrogen) atoms. The molecular weight excluding hydrogens is 334 g/mol.